The number of carbonyl (C=O) groups is 1. The van der Waals surface area contributed by atoms with E-state index in [-0.39, 0.29) is 11.7 Å². The van der Waals surface area contributed by atoms with E-state index >= 15 is 0 Å². The molecule has 0 fully saturated rings. The Kier molecular flexibility index (Phi) is 4.39. The van der Waals surface area contributed by atoms with Gasteiger partial charge in [0.2, 0.25) is 0 Å². The first-order chi connectivity index (χ1) is 9.08. The molecule has 0 unspecified atom stereocenters. The third-order valence-electron chi connectivity index (χ3n) is 2.53. The monoisotopic (exact) mass is 339 g/mol. The summed E-state index contributed by atoms with van der Waals surface area (Å²) in [6.07, 6.45) is 1.54. The average molecular weight is 341 g/mol. The van der Waals surface area contributed by atoms with Gasteiger partial charge in [-0.1, -0.05) is 29.8 Å². The number of nitrogens with zero attached hydrogens (tertiary/aromatic N) is 1. The molecule has 0 atom stereocenters. The maximum Gasteiger partial charge on any atom is 0.255 e. The zero-order valence-electron chi connectivity index (χ0n) is 9.86. The van der Waals surface area contributed by atoms with Crippen LogP contribution < -0.4 is 11.1 Å². The Morgan fingerprint density at radius 3 is 2.89 bits per heavy atom. The highest BCUT2D eigenvalue weighted by Gasteiger charge is 2.11. The number of anilines is 1. The maximum absolute atomic E-state index is 12.0. The Balaban J connectivity index is 2.10. The smallest absolute Gasteiger partial charge is 0.255 e. The number of aromatic nitrogens is 1. The van der Waals surface area contributed by atoms with Crippen LogP contribution in [0.25, 0.3) is 0 Å². The minimum absolute atomic E-state index is 0.194. The number of pyridine rings is 1. The maximum atomic E-state index is 12.0. The van der Waals surface area contributed by atoms with E-state index in [1.54, 1.807) is 18.3 Å². The quantitative estimate of drug-likeness (QED) is 0.902. The lowest BCUT2D eigenvalue weighted by Gasteiger charge is -2.08. The Bertz CT molecular complexity index is 619. The summed E-state index contributed by atoms with van der Waals surface area (Å²) >= 11 is 9.27. The normalized spacial score (nSPS) is 10.2. The molecule has 0 saturated carbocycles. The van der Waals surface area contributed by atoms with Crippen molar-refractivity contribution in [3.05, 3.63) is 57.2 Å². The summed E-state index contributed by atoms with van der Waals surface area (Å²) in [5.74, 6) is -0.0916. The van der Waals surface area contributed by atoms with Crippen molar-refractivity contribution in [1.29, 1.82) is 0 Å². The van der Waals surface area contributed by atoms with Crippen LogP contribution >= 0.6 is 27.5 Å². The molecule has 19 heavy (non-hydrogen) atoms. The van der Waals surface area contributed by atoms with Crippen molar-refractivity contribution in [1.82, 2.24) is 10.3 Å². The molecule has 0 spiro atoms. The second-order valence-electron chi connectivity index (χ2n) is 3.86. The molecule has 0 aliphatic rings. The van der Waals surface area contributed by atoms with Crippen LogP contribution in [-0.4, -0.2) is 10.9 Å². The number of hydrogen-bond donors (Lipinski definition) is 2. The molecule has 1 heterocycles. The Morgan fingerprint density at radius 1 is 1.42 bits per heavy atom. The van der Waals surface area contributed by atoms with Crippen LogP contribution in [0.3, 0.4) is 0 Å². The molecule has 6 heteroatoms. The van der Waals surface area contributed by atoms with Gasteiger partial charge < -0.3 is 11.1 Å². The van der Waals surface area contributed by atoms with Gasteiger partial charge in [0.05, 0.1) is 5.56 Å². The topological polar surface area (TPSA) is 68.0 Å². The van der Waals surface area contributed by atoms with Crippen LogP contribution in [0.1, 0.15) is 15.9 Å². The van der Waals surface area contributed by atoms with Crippen molar-refractivity contribution in [2.45, 2.75) is 6.54 Å². The van der Waals surface area contributed by atoms with E-state index in [1.165, 1.54) is 0 Å². The van der Waals surface area contributed by atoms with Crippen molar-refractivity contribution < 1.29 is 4.79 Å². The van der Waals surface area contributed by atoms with Crippen molar-refractivity contribution in [2.24, 2.45) is 0 Å². The number of hydrogen-bond acceptors (Lipinski definition) is 3. The van der Waals surface area contributed by atoms with Crippen LogP contribution in [0.15, 0.2) is 41.0 Å². The average Bonchev–Trinajstić information content (AvgIpc) is 2.40. The third kappa shape index (κ3) is 3.45. The summed E-state index contributed by atoms with van der Waals surface area (Å²) < 4.78 is 0.699. The molecular formula is C13H11BrClN3O. The van der Waals surface area contributed by atoms with Gasteiger partial charge in [0.15, 0.2) is 0 Å². The van der Waals surface area contributed by atoms with Crippen LogP contribution in [0, 0.1) is 0 Å². The number of amides is 1. The van der Waals surface area contributed by atoms with Crippen molar-refractivity contribution in [3.63, 3.8) is 0 Å². The Labute approximate surface area is 124 Å². The largest absolute Gasteiger partial charge is 0.383 e. The lowest BCUT2D eigenvalue weighted by Crippen LogP contribution is -2.24. The number of carbonyl (C=O) groups excluding carboxylic acids is 1. The van der Waals surface area contributed by atoms with E-state index in [1.807, 2.05) is 18.2 Å². The van der Waals surface area contributed by atoms with E-state index in [0.29, 0.717) is 21.6 Å². The number of benzene rings is 1. The highest BCUT2D eigenvalue weighted by molar-refractivity contribution is 9.10. The first-order valence-electron chi connectivity index (χ1n) is 5.50. The minimum atomic E-state index is -0.286. The summed E-state index contributed by atoms with van der Waals surface area (Å²) in [7, 11) is 0. The van der Waals surface area contributed by atoms with Crippen LogP contribution in [0.4, 0.5) is 5.82 Å². The molecule has 3 N–H and O–H groups in total. The first kappa shape index (κ1) is 13.8. The van der Waals surface area contributed by atoms with Gasteiger partial charge in [0.25, 0.3) is 5.91 Å². The second kappa shape index (κ2) is 6.04. The van der Waals surface area contributed by atoms with E-state index in [2.05, 4.69) is 26.2 Å². The number of halogens is 2. The summed E-state index contributed by atoms with van der Waals surface area (Å²) in [5, 5.41) is 3.37. The number of nitrogens with two attached hydrogens (primary N) is 1. The zero-order chi connectivity index (χ0) is 13.8. The van der Waals surface area contributed by atoms with Gasteiger partial charge in [-0.05, 0) is 33.6 Å². The highest BCUT2D eigenvalue weighted by atomic mass is 79.9. The molecule has 2 rings (SSSR count). The molecule has 0 radical (unpaired) electrons. The minimum Gasteiger partial charge on any atom is -0.383 e. The summed E-state index contributed by atoms with van der Waals surface area (Å²) in [6, 6.07) is 8.96. The molecule has 2 aromatic rings. The van der Waals surface area contributed by atoms with Gasteiger partial charge in [-0.15, -0.1) is 0 Å². The van der Waals surface area contributed by atoms with Gasteiger partial charge in [-0.3, -0.25) is 4.79 Å². The number of rotatable bonds is 3. The van der Waals surface area contributed by atoms with Crippen molar-refractivity contribution in [3.8, 4) is 0 Å². The van der Waals surface area contributed by atoms with Gasteiger partial charge in [-0.25, -0.2) is 4.98 Å². The summed E-state index contributed by atoms with van der Waals surface area (Å²) in [4.78, 5) is 15.9. The molecule has 98 valence electrons. The van der Waals surface area contributed by atoms with Crippen molar-refractivity contribution >= 4 is 39.3 Å². The predicted octanol–water partition coefficient (Wildman–Crippen LogP) is 3.01. The van der Waals surface area contributed by atoms with E-state index < -0.39 is 0 Å². The number of nitrogen functional groups attached to an aromatic ring is 1. The SMILES string of the molecule is Nc1ncc(Br)cc1C(=O)NCc1ccccc1Cl. The fourth-order valence-electron chi connectivity index (χ4n) is 1.54. The predicted molar refractivity (Wildman–Crippen MR) is 79.0 cm³/mol. The second-order valence-corrected chi connectivity index (χ2v) is 5.18. The summed E-state index contributed by atoms with van der Waals surface area (Å²) in [5.41, 5.74) is 6.85. The molecule has 1 amide bonds. The molecule has 1 aromatic heterocycles. The van der Waals surface area contributed by atoms with Gasteiger partial charge in [0.1, 0.15) is 5.82 Å². The van der Waals surface area contributed by atoms with Crippen LogP contribution in [0.5, 0.6) is 0 Å². The standard InChI is InChI=1S/C13H11BrClN3O/c14-9-5-10(12(16)17-7-9)13(19)18-6-8-3-1-2-4-11(8)15/h1-5,7H,6H2,(H2,16,17)(H,18,19). The Morgan fingerprint density at radius 2 is 2.16 bits per heavy atom. The van der Waals surface area contributed by atoms with E-state index in [9.17, 15) is 4.79 Å². The molecule has 0 aliphatic heterocycles. The van der Waals surface area contributed by atoms with E-state index in [0.717, 1.165) is 5.56 Å². The van der Waals surface area contributed by atoms with Gasteiger partial charge in [-0.2, -0.15) is 0 Å². The van der Waals surface area contributed by atoms with Crippen molar-refractivity contribution in [2.75, 3.05) is 5.73 Å². The fourth-order valence-corrected chi connectivity index (χ4v) is 2.08. The zero-order valence-corrected chi connectivity index (χ0v) is 12.2. The molecular weight excluding hydrogens is 330 g/mol. The lowest BCUT2D eigenvalue weighted by molar-refractivity contribution is 0.0951. The van der Waals surface area contributed by atoms with Crippen LogP contribution in [-0.2, 0) is 6.54 Å². The highest BCUT2D eigenvalue weighted by Crippen LogP contribution is 2.17. The number of nitrogens with one attached hydrogen (secondary N) is 1. The van der Waals surface area contributed by atoms with Gasteiger partial charge in [0, 0.05) is 22.2 Å². The van der Waals surface area contributed by atoms with Gasteiger partial charge >= 0.3 is 0 Å². The molecule has 1 aromatic carbocycles. The van der Waals surface area contributed by atoms with Crippen LogP contribution in [0.2, 0.25) is 5.02 Å². The lowest BCUT2D eigenvalue weighted by atomic mass is 10.2. The third-order valence-corrected chi connectivity index (χ3v) is 3.33. The first-order valence-corrected chi connectivity index (χ1v) is 6.67. The molecule has 4 nitrogen and oxygen atoms in total. The molecule has 0 saturated heterocycles. The molecule has 0 bridgehead atoms. The summed E-state index contributed by atoms with van der Waals surface area (Å²) in [6.45, 7) is 0.338. The molecule has 0 aliphatic carbocycles. The fraction of sp³-hybridized carbons (Fsp3) is 0.0769. The Hall–Kier alpha value is -1.59. The van der Waals surface area contributed by atoms with E-state index in [4.69, 9.17) is 17.3 Å².